The normalized spacial score (nSPS) is 13.2. The van der Waals surface area contributed by atoms with Gasteiger partial charge in [-0.25, -0.2) is 14.1 Å². The molecule has 0 N–H and O–H groups in total. The van der Waals surface area contributed by atoms with E-state index < -0.39 is 29.6 Å². The van der Waals surface area contributed by atoms with Crippen LogP contribution in [0.4, 0.5) is 10.1 Å². The molecule has 2 aromatic rings. The number of methoxy groups -OCH3 is 2. The van der Waals surface area contributed by atoms with Crippen LogP contribution in [0.1, 0.15) is 36.0 Å². The highest BCUT2D eigenvalue weighted by Crippen LogP contribution is 2.36. The Hall–Kier alpha value is -3.21. The molecule has 0 fully saturated rings. The summed E-state index contributed by atoms with van der Waals surface area (Å²) in [7, 11) is 2.70. The lowest BCUT2D eigenvalue weighted by Gasteiger charge is -2.26. The summed E-state index contributed by atoms with van der Waals surface area (Å²) >= 11 is 7.17. The van der Waals surface area contributed by atoms with E-state index in [4.69, 9.17) is 21.1 Å². The maximum absolute atomic E-state index is 15.4. The molecule has 0 spiro atoms. The number of carbonyl (C=O) groups excluding carboxylic acids is 4. The van der Waals surface area contributed by atoms with E-state index in [1.165, 1.54) is 32.4 Å². The van der Waals surface area contributed by atoms with E-state index in [2.05, 4.69) is 4.74 Å². The first kappa shape index (κ1) is 29.3. The van der Waals surface area contributed by atoms with E-state index in [0.717, 1.165) is 17.8 Å². The Balaban J connectivity index is 2.10. The summed E-state index contributed by atoms with van der Waals surface area (Å²) in [6.45, 7) is 0.183. The average molecular weight is 564 g/mol. The van der Waals surface area contributed by atoms with Crippen molar-refractivity contribution in [3.8, 4) is 0 Å². The second-order valence-corrected chi connectivity index (χ2v) is 9.63. The van der Waals surface area contributed by atoms with Crippen molar-refractivity contribution in [2.45, 2.75) is 30.6 Å². The zero-order chi connectivity index (χ0) is 27.7. The highest BCUT2D eigenvalue weighted by Gasteiger charge is 2.34. The first-order valence-corrected chi connectivity index (χ1v) is 13.1. The van der Waals surface area contributed by atoms with E-state index in [-0.39, 0.29) is 64.1 Å². The van der Waals surface area contributed by atoms with Crippen LogP contribution in [0.3, 0.4) is 0 Å². The molecule has 2 amide bonds. The molecule has 2 aromatic carbocycles. The number of benzene rings is 2. The van der Waals surface area contributed by atoms with Crippen LogP contribution in [0.5, 0.6) is 0 Å². The van der Waals surface area contributed by atoms with Crippen molar-refractivity contribution in [2.24, 2.45) is 0 Å². The molecule has 0 radical (unpaired) electrons. The molecule has 1 aliphatic rings. The van der Waals surface area contributed by atoms with Gasteiger partial charge in [0.05, 0.1) is 30.2 Å². The first-order valence-electron chi connectivity index (χ1n) is 11.8. The predicted molar refractivity (Wildman–Crippen MR) is 141 cm³/mol. The fraction of sp³-hybridized carbons (Fsp3) is 0.333. The zero-order valence-corrected chi connectivity index (χ0v) is 22.5. The van der Waals surface area contributed by atoms with Gasteiger partial charge in [0.2, 0.25) is 0 Å². The molecule has 0 unspecified atom stereocenters. The molecule has 8 nitrogen and oxygen atoms in total. The number of rotatable bonds is 10. The summed E-state index contributed by atoms with van der Waals surface area (Å²) in [5, 5.41) is -0.000922. The minimum Gasteiger partial charge on any atom is -0.468 e. The molecule has 0 heterocycles. The number of anilines is 1. The molecule has 0 aliphatic heterocycles. The largest absolute Gasteiger partial charge is 0.468 e. The van der Waals surface area contributed by atoms with E-state index >= 15 is 4.39 Å². The smallest absolute Gasteiger partial charge is 0.334 e. The number of hydrogen-bond donors (Lipinski definition) is 0. The number of imide groups is 1. The quantitative estimate of drug-likeness (QED) is 0.173. The Bertz CT molecular complexity index is 1240. The minimum atomic E-state index is -0.921. The molecule has 0 bridgehead atoms. The topological polar surface area (TPSA) is 99.2 Å². The van der Waals surface area contributed by atoms with Crippen LogP contribution in [0, 0.1) is 5.82 Å². The lowest BCUT2D eigenvalue weighted by molar-refractivity contribution is -0.141. The van der Waals surface area contributed by atoms with Crippen molar-refractivity contribution in [3.63, 3.8) is 0 Å². The van der Waals surface area contributed by atoms with Gasteiger partial charge in [0, 0.05) is 28.7 Å². The molecular weight excluding hydrogens is 537 g/mol. The van der Waals surface area contributed by atoms with Crippen LogP contribution in [0.2, 0.25) is 5.02 Å². The Kier molecular flexibility index (Phi) is 10.9. The van der Waals surface area contributed by atoms with Crippen LogP contribution in [0.25, 0.3) is 0 Å². The lowest BCUT2D eigenvalue weighted by Crippen LogP contribution is -2.40. The Morgan fingerprint density at radius 3 is 2.32 bits per heavy atom. The maximum Gasteiger partial charge on any atom is 0.334 e. The zero-order valence-electron chi connectivity index (χ0n) is 21.0. The number of hydrogen-bond acceptors (Lipinski definition) is 8. The van der Waals surface area contributed by atoms with E-state index in [0.29, 0.717) is 17.7 Å². The Morgan fingerprint density at radius 2 is 1.66 bits per heavy atom. The van der Waals surface area contributed by atoms with Gasteiger partial charge in [-0.1, -0.05) is 29.8 Å². The maximum atomic E-state index is 15.4. The van der Waals surface area contributed by atoms with Crippen molar-refractivity contribution < 1.29 is 37.8 Å². The molecule has 0 saturated carbocycles. The van der Waals surface area contributed by atoms with Crippen molar-refractivity contribution >= 4 is 52.8 Å². The van der Waals surface area contributed by atoms with Gasteiger partial charge in [-0.05, 0) is 49.9 Å². The van der Waals surface area contributed by atoms with Gasteiger partial charge in [0.25, 0.3) is 11.8 Å². The van der Waals surface area contributed by atoms with Crippen molar-refractivity contribution in [2.75, 3.05) is 38.1 Å². The standard InChI is InChI=1S/C27H27ClFNO7S/c1-35-12-13-37-27(34)19-11-7-6-10-18(19)26(33)30(25(32)17-8-4-3-5-9-17)22-15-23(20(28)14-21(22)29)38-16-24(31)36-2/h3-5,8-9,14-15H,6-7,10-13,16H2,1-2H3. The fourth-order valence-electron chi connectivity index (χ4n) is 3.82. The Labute approximate surface area is 229 Å². The number of carbonyl (C=O) groups is 4. The first-order chi connectivity index (χ1) is 18.3. The van der Waals surface area contributed by atoms with Crippen molar-refractivity contribution in [1.82, 2.24) is 0 Å². The van der Waals surface area contributed by atoms with Gasteiger partial charge in [-0.3, -0.25) is 14.4 Å². The van der Waals surface area contributed by atoms with Gasteiger partial charge >= 0.3 is 11.9 Å². The van der Waals surface area contributed by atoms with E-state index in [1.807, 2.05) is 0 Å². The summed E-state index contributed by atoms with van der Waals surface area (Å²) < 4.78 is 30.2. The average Bonchev–Trinajstić information content (AvgIpc) is 2.93. The monoisotopic (exact) mass is 563 g/mol. The molecule has 0 saturated heterocycles. The molecule has 1 aliphatic carbocycles. The second kappa shape index (κ2) is 14.1. The molecule has 3 rings (SSSR count). The third-order valence-corrected chi connectivity index (χ3v) is 7.19. The number of thioether (sulfide) groups is 1. The highest BCUT2D eigenvalue weighted by molar-refractivity contribution is 8.00. The van der Waals surface area contributed by atoms with Crippen molar-refractivity contribution in [3.05, 3.63) is 70.0 Å². The molecular formula is C27H27ClFNO7S. The van der Waals surface area contributed by atoms with E-state index in [9.17, 15) is 19.2 Å². The highest BCUT2D eigenvalue weighted by atomic mass is 35.5. The summed E-state index contributed by atoms with van der Waals surface area (Å²) in [4.78, 5) is 53.0. The van der Waals surface area contributed by atoms with E-state index in [1.54, 1.807) is 18.2 Å². The number of amides is 2. The third kappa shape index (κ3) is 7.21. The summed E-state index contributed by atoms with van der Waals surface area (Å²) in [5.74, 6) is -3.87. The van der Waals surface area contributed by atoms with Crippen LogP contribution in [-0.2, 0) is 28.6 Å². The minimum absolute atomic E-state index is 0.000442. The van der Waals surface area contributed by atoms with Gasteiger partial charge in [0.15, 0.2) is 0 Å². The van der Waals surface area contributed by atoms with Crippen LogP contribution < -0.4 is 4.90 Å². The van der Waals surface area contributed by atoms with Gasteiger partial charge in [0.1, 0.15) is 12.4 Å². The summed E-state index contributed by atoms with van der Waals surface area (Å²) in [6.07, 6.45) is 1.75. The van der Waals surface area contributed by atoms with Gasteiger partial charge < -0.3 is 14.2 Å². The SMILES string of the molecule is COCCOC(=O)C1=C(C(=O)N(C(=O)c2ccccc2)c2cc(SCC(=O)OC)c(Cl)cc2F)CCCC1. The van der Waals surface area contributed by atoms with Crippen molar-refractivity contribution in [1.29, 1.82) is 0 Å². The summed E-state index contributed by atoms with van der Waals surface area (Å²) in [5.41, 5.74) is 0.0179. The number of esters is 2. The van der Waals surface area contributed by atoms with Crippen LogP contribution in [-0.4, -0.2) is 56.9 Å². The molecule has 38 heavy (non-hydrogen) atoms. The molecule has 0 atom stereocenters. The second-order valence-electron chi connectivity index (χ2n) is 8.20. The number of ether oxygens (including phenoxy) is 3. The number of nitrogens with zero attached hydrogens (tertiary/aromatic N) is 1. The van der Waals surface area contributed by atoms with Gasteiger partial charge in [-0.15, -0.1) is 11.8 Å². The summed E-state index contributed by atoms with van der Waals surface area (Å²) in [6, 6.07) is 10.1. The fourth-order valence-corrected chi connectivity index (χ4v) is 4.92. The third-order valence-electron chi connectivity index (χ3n) is 5.74. The molecule has 11 heteroatoms. The molecule has 0 aromatic heterocycles. The molecule has 202 valence electrons. The van der Waals surface area contributed by atoms with Crippen LogP contribution in [0.15, 0.2) is 58.5 Å². The predicted octanol–water partition coefficient (Wildman–Crippen LogP) is 4.98. The van der Waals surface area contributed by atoms with Crippen LogP contribution >= 0.6 is 23.4 Å². The van der Waals surface area contributed by atoms with Gasteiger partial charge in [-0.2, -0.15) is 0 Å². The number of halogens is 2. The lowest BCUT2D eigenvalue weighted by atomic mass is 9.90. The Morgan fingerprint density at radius 1 is 0.974 bits per heavy atom.